The number of rotatable bonds is 3. The van der Waals surface area contributed by atoms with Crippen molar-refractivity contribution in [2.75, 3.05) is 6.61 Å². The van der Waals surface area contributed by atoms with Crippen LogP contribution in [0.1, 0.15) is 18.4 Å². The van der Waals surface area contributed by atoms with E-state index >= 15 is 0 Å². The number of benzene rings is 1. The molecule has 0 saturated heterocycles. The van der Waals surface area contributed by atoms with Gasteiger partial charge in [0.05, 0.1) is 11.5 Å². The van der Waals surface area contributed by atoms with E-state index in [2.05, 4.69) is 21.2 Å². The molecule has 21 heavy (non-hydrogen) atoms. The molecule has 1 heterocycles. The summed E-state index contributed by atoms with van der Waals surface area (Å²) < 4.78 is 6.48. The van der Waals surface area contributed by atoms with Gasteiger partial charge in [0.1, 0.15) is 12.4 Å². The van der Waals surface area contributed by atoms with E-state index in [1.54, 1.807) is 0 Å². The van der Waals surface area contributed by atoms with Crippen molar-refractivity contribution < 1.29 is 19.4 Å². The van der Waals surface area contributed by atoms with Crippen LogP contribution in [0.4, 0.5) is 0 Å². The summed E-state index contributed by atoms with van der Waals surface area (Å²) in [5.41, 5.74) is 1.41. The quantitative estimate of drug-likeness (QED) is 0.875. The largest absolute Gasteiger partial charge is 0.488 e. The Morgan fingerprint density at radius 2 is 2.10 bits per heavy atom. The average molecular weight is 352 g/mol. The number of amides is 1. The van der Waals surface area contributed by atoms with Gasteiger partial charge < -0.3 is 15.2 Å². The molecule has 2 N–H and O–H groups in total. The molecule has 1 aromatic carbocycles. The summed E-state index contributed by atoms with van der Waals surface area (Å²) in [6.45, 7) is 0.232. The van der Waals surface area contributed by atoms with Crippen molar-refractivity contribution in [3.8, 4) is 5.75 Å². The first-order valence-corrected chi connectivity index (χ1v) is 7.49. The number of carbonyl (C=O) groups excluding carboxylic acids is 1. The number of fused-ring (bicyclic) bond motifs is 1. The zero-order valence-corrected chi connectivity index (χ0v) is 12.7. The third-order valence-electron chi connectivity index (χ3n) is 3.80. The first kappa shape index (κ1) is 14.1. The maximum Gasteiger partial charge on any atom is 0.306 e. The second-order valence-corrected chi connectivity index (χ2v) is 6.23. The number of aliphatic carboxylic acids is 1. The van der Waals surface area contributed by atoms with Crippen molar-refractivity contribution in [3.63, 3.8) is 0 Å². The molecular weight excluding hydrogens is 338 g/mol. The van der Waals surface area contributed by atoms with Crippen LogP contribution in [0.3, 0.4) is 0 Å². The standard InChI is InChI=1S/C15H14BrNO4/c16-11-1-2-13-8(4-11)3-10(7-21-13)14(18)17-12-5-9(6-12)15(19)20/h1-4,9,12H,5-7H2,(H,17,18)(H,19,20). The SMILES string of the molecule is O=C(NC1CC(C(=O)O)C1)C1=Cc2cc(Br)ccc2OC1. The molecule has 1 aliphatic carbocycles. The molecule has 0 atom stereocenters. The fourth-order valence-corrected chi connectivity index (χ4v) is 2.87. The van der Waals surface area contributed by atoms with Crippen LogP contribution in [0.5, 0.6) is 5.75 Å². The van der Waals surface area contributed by atoms with E-state index < -0.39 is 5.97 Å². The molecule has 0 spiro atoms. The summed E-state index contributed by atoms with van der Waals surface area (Å²) >= 11 is 3.39. The van der Waals surface area contributed by atoms with Gasteiger partial charge >= 0.3 is 5.97 Å². The maximum atomic E-state index is 12.2. The minimum Gasteiger partial charge on any atom is -0.488 e. The zero-order valence-electron chi connectivity index (χ0n) is 11.1. The number of carboxylic acids is 1. The average Bonchev–Trinajstić information content (AvgIpc) is 2.40. The highest BCUT2D eigenvalue weighted by Gasteiger charge is 2.35. The number of nitrogens with one attached hydrogen (secondary N) is 1. The van der Waals surface area contributed by atoms with Gasteiger partial charge in [-0.1, -0.05) is 15.9 Å². The van der Waals surface area contributed by atoms with E-state index in [0.717, 1.165) is 15.8 Å². The minimum atomic E-state index is -0.792. The second kappa shape index (κ2) is 5.52. The van der Waals surface area contributed by atoms with Crippen LogP contribution in [0, 0.1) is 5.92 Å². The Bertz CT molecular complexity index is 635. The molecule has 5 nitrogen and oxygen atoms in total. The van der Waals surface area contributed by atoms with Crippen molar-refractivity contribution in [3.05, 3.63) is 33.8 Å². The Labute approximate surface area is 130 Å². The second-order valence-electron chi connectivity index (χ2n) is 5.32. The number of halogens is 1. The summed E-state index contributed by atoms with van der Waals surface area (Å²) in [5, 5.41) is 11.7. The smallest absolute Gasteiger partial charge is 0.306 e. The molecule has 0 unspecified atom stereocenters. The predicted molar refractivity (Wildman–Crippen MR) is 79.9 cm³/mol. The molecule has 6 heteroatoms. The number of ether oxygens (including phenoxy) is 1. The molecule has 0 radical (unpaired) electrons. The van der Waals surface area contributed by atoms with E-state index in [1.807, 2.05) is 24.3 Å². The normalized spacial score (nSPS) is 23.2. The number of carboxylic acid groups (broad SMARTS) is 1. The van der Waals surface area contributed by atoms with Crippen molar-refractivity contribution >= 4 is 33.9 Å². The summed E-state index contributed by atoms with van der Waals surface area (Å²) in [7, 11) is 0. The molecule has 1 amide bonds. The van der Waals surface area contributed by atoms with Crippen molar-refractivity contribution in [1.29, 1.82) is 0 Å². The number of hydrogen-bond acceptors (Lipinski definition) is 3. The van der Waals surface area contributed by atoms with Crippen LogP contribution >= 0.6 is 15.9 Å². The number of hydrogen-bond donors (Lipinski definition) is 2. The number of carbonyl (C=O) groups is 2. The summed E-state index contributed by atoms with van der Waals surface area (Å²) in [5.74, 6) is -0.554. The lowest BCUT2D eigenvalue weighted by atomic mass is 9.80. The molecule has 2 aliphatic rings. The van der Waals surface area contributed by atoms with Gasteiger partial charge in [-0.05, 0) is 37.1 Å². The third-order valence-corrected chi connectivity index (χ3v) is 4.29. The van der Waals surface area contributed by atoms with E-state index in [1.165, 1.54) is 0 Å². The topological polar surface area (TPSA) is 75.6 Å². The zero-order chi connectivity index (χ0) is 15.0. The van der Waals surface area contributed by atoms with Gasteiger partial charge in [0.25, 0.3) is 5.91 Å². The van der Waals surface area contributed by atoms with Crippen LogP contribution in [-0.2, 0) is 9.59 Å². The Hall–Kier alpha value is -1.82. The van der Waals surface area contributed by atoms with Crippen LogP contribution in [-0.4, -0.2) is 29.6 Å². The van der Waals surface area contributed by atoms with Gasteiger partial charge in [0.15, 0.2) is 0 Å². The highest BCUT2D eigenvalue weighted by molar-refractivity contribution is 9.10. The van der Waals surface area contributed by atoms with E-state index in [9.17, 15) is 9.59 Å². The summed E-state index contributed by atoms with van der Waals surface area (Å²) in [6, 6.07) is 5.58. The summed E-state index contributed by atoms with van der Waals surface area (Å²) in [6.07, 6.45) is 2.81. The molecule has 110 valence electrons. The fraction of sp³-hybridized carbons (Fsp3) is 0.333. The lowest BCUT2D eigenvalue weighted by Gasteiger charge is -2.33. The Kier molecular flexibility index (Phi) is 3.71. The molecule has 0 bridgehead atoms. The molecule has 0 aromatic heterocycles. The maximum absolute atomic E-state index is 12.2. The third kappa shape index (κ3) is 2.95. The molecule has 1 saturated carbocycles. The minimum absolute atomic E-state index is 0.0524. The Morgan fingerprint density at radius 3 is 2.81 bits per heavy atom. The van der Waals surface area contributed by atoms with Gasteiger partial charge in [-0.2, -0.15) is 0 Å². The highest BCUT2D eigenvalue weighted by atomic mass is 79.9. The highest BCUT2D eigenvalue weighted by Crippen LogP contribution is 2.30. The van der Waals surface area contributed by atoms with Gasteiger partial charge in [-0.15, -0.1) is 0 Å². The Balaban J connectivity index is 1.65. The molecule has 1 aromatic rings. The van der Waals surface area contributed by atoms with Crippen LogP contribution in [0.25, 0.3) is 6.08 Å². The Morgan fingerprint density at radius 1 is 1.33 bits per heavy atom. The predicted octanol–water partition coefficient (Wildman–Crippen LogP) is 2.20. The lowest BCUT2D eigenvalue weighted by Crippen LogP contribution is -2.47. The van der Waals surface area contributed by atoms with Crippen LogP contribution in [0.2, 0.25) is 0 Å². The van der Waals surface area contributed by atoms with E-state index in [-0.39, 0.29) is 24.5 Å². The first-order chi connectivity index (χ1) is 10.0. The van der Waals surface area contributed by atoms with Gasteiger partial charge in [-0.3, -0.25) is 9.59 Å². The van der Waals surface area contributed by atoms with Gasteiger partial charge in [0, 0.05) is 16.1 Å². The van der Waals surface area contributed by atoms with Crippen molar-refractivity contribution in [1.82, 2.24) is 5.32 Å². The monoisotopic (exact) mass is 351 g/mol. The van der Waals surface area contributed by atoms with Gasteiger partial charge in [0.2, 0.25) is 0 Å². The van der Waals surface area contributed by atoms with Crippen molar-refractivity contribution in [2.45, 2.75) is 18.9 Å². The fourth-order valence-electron chi connectivity index (χ4n) is 2.49. The van der Waals surface area contributed by atoms with Gasteiger partial charge in [-0.25, -0.2) is 0 Å². The van der Waals surface area contributed by atoms with Crippen LogP contribution in [0.15, 0.2) is 28.2 Å². The molecule has 3 rings (SSSR count). The summed E-state index contributed by atoms with van der Waals surface area (Å²) in [4.78, 5) is 22.9. The van der Waals surface area contributed by atoms with Crippen LogP contribution < -0.4 is 10.1 Å². The van der Waals surface area contributed by atoms with E-state index in [4.69, 9.17) is 9.84 Å². The van der Waals surface area contributed by atoms with E-state index in [0.29, 0.717) is 18.4 Å². The molecular formula is C15H14BrNO4. The molecule has 1 aliphatic heterocycles. The van der Waals surface area contributed by atoms with Crippen molar-refractivity contribution in [2.24, 2.45) is 5.92 Å². The lowest BCUT2D eigenvalue weighted by molar-refractivity contribution is -0.146. The molecule has 1 fully saturated rings. The first-order valence-electron chi connectivity index (χ1n) is 6.69.